The van der Waals surface area contributed by atoms with Gasteiger partial charge in [-0.3, -0.25) is 9.59 Å². The smallest absolute Gasteiger partial charge is 0.407 e. The number of amides is 2. The molecule has 2 amide bonds. The SMILES string of the molecule is CN(CCCCC(=O)O)C(=O)C(CNC(=O)OCC1c2ccccc2-c2ccccc21)C1CCC1. The zero-order valence-electron chi connectivity index (χ0n) is 20.2. The number of benzene rings is 2. The lowest BCUT2D eigenvalue weighted by Crippen LogP contribution is -2.45. The van der Waals surface area contributed by atoms with Gasteiger partial charge in [-0.05, 0) is 53.9 Å². The van der Waals surface area contributed by atoms with Crippen molar-refractivity contribution in [3.8, 4) is 11.1 Å². The minimum Gasteiger partial charge on any atom is -0.481 e. The highest BCUT2D eigenvalue weighted by atomic mass is 16.5. The first-order chi connectivity index (χ1) is 17.0. The highest BCUT2D eigenvalue weighted by molar-refractivity contribution is 5.80. The summed E-state index contributed by atoms with van der Waals surface area (Å²) >= 11 is 0. The average Bonchev–Trinajstić information content (AvgIpc) is 3.15. The molecule has 1 atom stereocenters. The van der Waals surface area contributed by atoms with Gasteiger partial charge in [0.05, 0.1) is 5.92 Å². The first kappa shape index (κ1) is 24.8. The maximum absolute atomic E-state index is 13.1. The number of carbonyl (C=O) groups is 3. The van der Waals surface area contributed by atoms with E-state index in [0.29, 0.717) is 19.4 Å². The molecule has 0 radical (unpaired) electrons. The molecule has 1 unspecified atom stereocenters. The summed E-state index contributed by atoms with van der Waals surface area (Å²) in [6.07, 6.45) is 3.85. The molecular weight excluding hydrogens is 444 g/mol. The Labute approximate surface area is 206 Å². The van der Waals surface area contributed by atoms with Gasteiger partial charge in [0.1, 0.15) is 6.61 Å². The van der Waals surface area contributed by atoms with Crippen LogP contribution in [0.25, 0.3) is 11.1 Å². The van der Waals surface area contributed by atoms with Crippen LogP contribution >= 0.6 is 0 Å². The number of hydrogen-bond acceptors (Lipinski definition) is 4. The van der Waals surface area contributed by atoms with Crippen molar-refractivity contribution in [2.24, 2.45) is 11.8 Å². The molecule has 0 spiro atoms. The highest BCUT2D eigenvalue weighted by Gasteiger charge is 2.35. The monoisotopic (exact) mass is 478 g/mol. The molecule has 7 nitrogen and oxygen atoms in total. The van der Waals surface area contributed by atoms with E-state index in [2.05, 4.69) is 29.6 Å². The van der Waals surface area contributed by atoms with E-state index in [1.165, 1.54) is 11.1 Å². The molecule has 1 saturated carbocycles. The summed E-state index contributed by atoms with van der Waals surface area (Å²) in [4.78, 5) is 38.1. The third-order valence-corrected chi connectivity index (χ3v) is 7.36. The third-order valence-electron chi connectivity index (χ3n) is 7.36. The largest absolute Gasteiger partial charge is 0.481 e. The second kappa shape index (κ2) is 11.4. The van der Waals surface area contributed by atoms with Crippen LogP contribution in [0.1, 0.15) is 55.6 Å². The maximum atomic E-state index is 13.1. The Morgan fingerprint density at radius 2 is 1.66 bits per heavy atom. The summed E-state index contributed by atoms with van der Waals surface area (Å²) in [7, 11) is 1.75. The van der Waals surface area contributed by atoms with Gasteiger partial charge in [0.2, 0.25) is 5.91 Å². The van der Waals surface area contributed by atoms with Crippen LogP contribution in [0.2, 0.25) is 0 Å². The van der Waals surface area contributed by atoms with Crippen LogP contribution in [-0.2, 0) is 14.3 Å². The Hall–Kier alpha value is -3.35. The molecule has 2 aliphatic carbocycles. The molecular formula is C28H34N2O5. The van der Waals surface area contributed by atoms with Crippen LogP contribution < -0.4 is 5.32 Å². The lowest BCUT2D eigenvalue weighted by molar-refractivity contribution is -0.137. The molecule has 0 heterocycles. The van der Waals surface area contributed by atoms with Crippen molar-refractivity contribution < 1.29 is 24.2 Å². The van der Waals surface area contributed by atoms with E-state index in [-0.39, 0.29) is 43.2 Å². The van der Waals surface area contributed by atoms with Gasteiger partial charge in [0.15, 0.2) is 0 Å². The fraction of sp³-hybridized carbons (Fsp3) is 0.464. The normalized spacial score (nSPS) is 15.5. The van der Waals surface area contributed by atoms with E-state index >= 15 is 0 Å². The molecule has 2 aliphatic rings. The van der Waals surface area contributed by atoms with Gasteiger partial charge in [-0.2, -0.15) is 0 Å². The van der Waals surface area contributed by atoms with Crippen molar-refractivity contribution in [1.82, 2.24) is 10.2 Å². The maximum Gasteiger partial charge on any atom is 0.407 e. The molecule has 1 fully saturated rings. The van der Waals surface area contributed by atoms with Crippen LogP contribution in [0.15, 0.2) is 48.5 Å². The van der Waals surface area contributed by atoms with Gasteiger partial charge in [-0.25, -0.2) is 4.79 Å². The molecule has 0 bridgehead atoms. The van der Waals surface area contributed by atoms with Crippen LogP contribution in [-0.4, -0.2) is 54.7 Å². The Morgan fingerprint density at radius 3 is 2.23 bits per heavy atom. The number of nitrogens with one attached hydrogen (secondary N) is 1. The van der Waals surface area contributed by atoms with Crippen LogP contribution in [0.3, 0.4) is 0 Å². The second-order valence-corrected chi connectivity index (χ2v) is 9.61. The Morgan fingerprint density at radius 1 is 1.03 bits per heavy atom. The lowest BCUT2D eigenvalue weighted by Gasteiger charge is -2.35. The molecule has 2 aromatic rings. The number of hydrogen-bond donors (Lipinski definition) is 2. The van der Waals surface area contributed by atoms with Crippen molar-refractivity contribution in [2.45, 2.75) is 44.4 Å². The van der Waals surface area contributed by atoms with Crippen LogP contribution in [0, 0.1) is 11.8 Å². The Balaban J connectivity index is 1.30. The van der Waals surface area contributed by atoms with Crippen molar-refractivity contribution in [3.63, 3.8) is 0 Å². The van der Waals surface area contributed by atoms with E-state index in [9.17, 15) is 14.4 Å². The second-order valence-electron chi connectivity index (χ2n) is 9.61. The predicted molar refractivity (Wildman–Crippen MR) is 133 cm³/mol. The van der Waals surface area contributed by atoms with Crippen LogP contribution in [0.5, 0.6) is 0 Å². The number of carboxylic acid groups (broad SMARTS) is 1. The van der Waals surface area contributed by atoms with Crippen molar-refractivity contribution >= 4 is 18.0 Å². The first-order valence-corrected chi connectivity index (χ1v) is 12.5. The quantitative estimate of drug-likeness (QED) is 0.458. The van der Waals surface area contributed by atoms with E-state index in [1.807, 2.05) is 24.3 Å². The molecule has 186 valence electrons. The number of carboxylic acids is 1. The van der Waals surface area contributed by atoms with Gasteiger partial charge in [-0.15, -0.1) is 0 Å². The number of alkyl carbamates (subject to hydrolysis) is 1. The van der Waals surface area contributed by atoms with Gasteiger partial charge >= 0.3 is 12.1 Å². The summed E-state index contributed by atoms with van der Waals surface area (Å²) < 4.78 is 5.63. The first-order valence-electron chi connectivity index (χ1n) is 12.5. The number of carbonyl (C=O) groups excluding carboxylic acids is 2. The Bertz CT molecular complexity index is 1020. The summed E-state index contributed by atoms with van der Waals surface area (Å²) in [5.74, 6) is -0.844. The molecule has 0 aliphatic heterocycles. The molecule has 2 N–H and O–H groups in total. The predicted octanol–water partition coefficient (Wildman–Crippen LogP) is 4.65. The van der Waals surface area contributed by atoms with Crippen molar-refractivity contribution in [3.05, 3.63) is 59.7 Å². The fourth-order valence-corrected chi connectivity index (χ4v) is 5.16. The Kier molecular flexibility index (Phi) is 8.06. The van der Waals surface area contributed by atoms with E-state index in [1.54, 1.807) is 11.9 Å². The zero-order chi connectivity index (χ0) is 24.8. The minimum absolute atomic E-state index is 0.00368. The number of fused-ring (bicyclic) bond motifs is 3. The zero-order valence-corrected chi connectivity index (χ0v) is 20.2. The van der Waals surface area contributed by atoms with Gasteiger partial charge < -0.3 is 20.1 Å². The summed E-state index contributed by atoms with van der Waals surface area (Å²) in [5, 5.41) is 11.6. The van der Waals surface area contributed by atoms with E-state index < -0.39 is 12.1 Å². The number of nitrogens with zero attached hydrogens (tertiary/aromatic N) is 1. The molecule has 0 aromatic heterocycles. The fourth-order valence-electron chi connectivity index (χ4n) is 5.16. The van der Waals surface area contributed by atoms with Gasteiger partial charge in [0.25, 0.3) is 0 Å². The number of rotatable bonds is 11. The summed E-state index contributed by atoms with van der Waals surface area (Å²) in [6, 6.07) is 16.4. The number of ether oxygens (including phenoxy) is 1. The van der Waals surface area contributed by atoms with Crippen LogP contribution in [0.4, 0.5) is 4.79 Å². The third kappa shape index (κ3) is 5.84. The highest BCUT2D eigenvalue weighted by Crippen LogP contribution is 2.44. The summed E-state index contributed by atoms with van der Waals surface area (Å²) in [5.41, 5.74) is 4.68. The van der Waals surface area contributed by atoms with E-state index in [4.69, 9.17) is 9.84 Å². The standard InChI is InChI=1S/C28H34N2O5/c1-30(16-7-6-15-26(31)32)27(33)24(19-9-8-10-19)17-29-28(34)35-18-25-22-13-4-2-11-20(22)21-12-3-5-14-23(21)25/h2-5,11-14,19,24-25H,6-10,15-18H2,1H3,(H,29,34)(H,31,32). The average molecular weight is 479 g/mol. The topological polar surface area (TPSA) is 95.9 Å². The molecule has 0 saturated heterocycles. The van der Waals surface area contributed by atoms with Crippen molar-refractivity contribution in [1.29, 1.82) is 0 Å². The van der Waals surface area contributed by atoms with E-state index in [0.717, 1.165) is 30.4 Å². The molecule has 4 rings (SSSR count). The molecule has 35 heavy (non-hydrogen) atoms. The number of aliphatic carboxylic acids is 1. The minimum atomic E-state index is -0.821. The molecule has 2 aromatic carbocycles. The van der Waals surface area contributed by atoms with Gasteiger partial charge in [0, 0.05) is 32.5 Å². The number of unbranched alkanes of at least 4 members (excludes halogenated alkanes) is 1. The van der Waals surface area contributed by atoms with Crippen molar-refractivity contribution in [2.75, 3.05) is 26.7 Å². The molecule has 7 heteroatoms. The lowest BCUT2D eigenvalue weighted by atomic mass is 9.75. The summed E-state index contributed by atoms with van der Waals surface area (Å²) in [6.45, 7) is 1.01. The van der Waals surface area contributed by atoms with Gasteiger partial charge in [-0.1, -0.05) is 55.0 Å².